The van der Waals surface area contributed by atoms with Crippen LogP contribution in [-0.2, 0) is 0 Å². The number of rotatable bonds is 2. The van der Waals surface area contributed by atoms with Gasteiger partial charge in [0.25, 0.3) is 0 Å². The average Bonchev–Trinajstić information content (AvgIpc) is 2.27. The van der Waals surface area contributed by atoms with Crippen molar-refractivity contribution in [1.29, 1.82) is 0 Å². The summed E-state index contributed by atoms with van der Waals surface area (Å²) in [5.41, 5.74) is 1.69. The fraction of sp³-hybridized carbons (Fsp3) is 0.0769. The Morgan fingerprint density at radius 2 is 1.94 bits per heavy atom. The van der Waals surface area contributed by atoms with Crippen molar-refractivity contribution in [2.45, 2.75) is 0 Å². The van der Waals surface area contributed by atoms with Crippen molar-refractivity contribution in [3.05, 3.63) is 45.9 Å². The van der Waals surface area contributed by atoms with E-state index in [-0.39, 0.29) is 5.75 Å². The molecular formula is C13H10BrClO2. The van der Waals surface area contributed by atoms with Gasteiger partial charge in [-0.2, -0.15) is 0 Å². The van der Waals surface area contributed by atoms with E-state index in [1.54, 1.807) is 31.4 Å². The molecule has 0 radical (unpaired) electrons. The van der Waals surface area contributed by atoms with Gasteiger partial charge in [-0.3, -0.25) is 0 Å². The van der Waals surface area contributed by atoms with Crippen LogP contribution in [0.3, 0.4) is 0 Å². The Labute approximate surface area is 113 Å². The van der Waals surface area contributed by atoms with E-state index in [0.29, 0.717) is 10.8 Å². The monoisotopic (exact) mass is 312 g/mol. The highest BCUT2D eigenvalue weighted by Gasteiger charge is 2.08. The van der Waals surface area contributed by atoms with Gasteiger partial charge >= 0.3 is 0 Å². The highest BCUT2D eigenvalue weighted by Crippen LogP contribution is 2.35. The number of hydrogen-bond donors (Lipinski definition) is 1. The molecule has 0 aliphatic heterocycles. The molecule has 0 saturated carbocycles. The van der Waals surface area contributed by atoms with Crippen molar-refractivity contribution in [1.82, 2.24) is 0 Å². The van der Waals surface area contributed by atoms with Crippen LogP contribution in [0.25, 0.3) is 11.1 Å². The van der Waals surface area contributed by atoms with E-state index < -0.39 is 0 Å². The van der Waals surface area contributed by atoms with Gasteiger partial charge in [0.2, 0.25) is 0 Å². The molecule has 2 aromatic rings. The lowest BCUT2D eigenvalue weighted by atomic mass is 10.0. The maximum absolute atomic E-state index is 9.58. The molecule has 0 bridgehead atoms. The van der Waals surface area contributed by atoms with Crippen LogP contribution in [0.15, 0.2) is 40.9 Å². The highest BCUT2D eigenvalue weighted by atomic mass is 79.9. The molecule has 0 aliphatic carbocycles. The van der Waals surface area contributed by atoms with Crippen molar-refractivity contribution in [2.24, 2.45) is 0 Å². The smallest absolute Gasteiger partial charge is 0.126 e. The van der Waals surface area contributed by atoms with Crippen LogP contribution in [0.2, 0.25) is 5.02 Å². The molecule has 88 valence electrons. The molecular weight excluding hydrogens is 303 g/mol. The zero-order valence-electron chi connectivity index (χ0n) is 9.08. The molecule has 4 heteroatoms. The molecule has 17 heavy (non-hydrogen) atoms. The summed E-state index contributed by atoms with van der Waals surface area (Å²) >= 11 is 9.31. The molecule has 2 nitrogen and oxygen atoms in total. The topological polar surface area (TPSA) is 29.5 Å². The van der Waals surface area contributed by atoms with Crippen LogP contribution >= 0.6 is 27.5 Å². The summed E-state index contributed by atoms with van der Waals surface area (Å²) in [6.07, 6.45) is 0. The van der Waals surface area contributed by atoms with Gasteiger partial charge in [-0.05, 0) is 42.0 Å². The second-order valence-electron chi connectivity index (χ2n) is 3.54. The Morgan fingerprint density at radius 3 is 2.59 bits per heavy atom. The van der Waals surface area contributed by atoms with Crippen molar-refractivity contribution in [3.63, 3.8) is 0 Å². The summed E-state index contributed by atoms with van der Waals surface area (Å²) in [6.45, 7) is 0. The van der Waals surface area contributed by atoms with Gasteiger partial charge in [0.15, 0.2) is 0 Å². The van der Waals surface area contributed by atoms with Crippen LogP contribution in [0.1, 0.15) is 0 Å². The number of benzene rings is 2. The molecule has 0 atom stereocenters. The molecule has 0 spiro atoms. The normalized spacial score (nSPS) is 10.3. The van der Waals surface area contributed by atoms with E-state index >= 15 is 0 Å². The number of phenolic OH excluding ortho intramolecular Hbond substituents is 1. The molecule has 2 aromatic carbocycles. The van der Waals surface area contributed by atoms with Crippen LogP contribution in [0.4, 0.5) is 0 Å². The lowest BCUT2D eigenvalue weighted by Gasteiger charge is -2.10. The Bertz CT molecular complexity index is 535. The average molecular weight is 314 g/mol. The van der Waals surface area contributed by atoms with E-state index in [2.05, 4.69) is 15.9 Å². The third-order valence-corrected chi connectivity index (χ3v) is 3.05. The van der Waals surface area contributed by atoms with Gasteiger partial charge in [-0.25, -0.2) is 0 Å². The summed E-state index contributed by atoms with van der Waals surface area (Å²) in [5, 5.41) is 10.2. The third kappa shape index (κ3) is 2.73. The van der Waals surface area contributed by atoms with Gasteiger partial charge in [0.1, 0.15) is 11.5 Å². The van der Waals surface area contributed by atoms with E-state index in [1.165, 1.54) is 0 Å². The minimum Gasteiger partial charge on any atom is -0.508 e. The summed E-state index contributed by atoms with van der Waals surface area (Å²) in [7, 11) is 1.60. The molecule has 0 heterocycles. The number of aromatic hydroxyl groups is 1. The third-order valence-electron chi connectivity index (χ3n) is 2.36. The zero-order chi connectivity index (χ0) is 12.4. The molecule has 1 N–H and O–H groups in total. The number of phenols is 1. The molecule has 0 aromatic heterocycles. The highest BCUT2D eigenvalue weighted by molar-refractivity contribution is 9.10. The van der Waals surface area contributed by atoms with Crippen LogP contribution in [-0.4, -0.2) is 12.2 Å². The van der Waals surface area contributed by atoms with Crippen molar-refractivity contribution < 1.29 is 9.84 Å². The first kappa shape index (κ1) is 12.3. The predicted octanol–water partition coefficient (Wildman–Crippen LogP) is 4.48. The van der Waals surface area contributed by atoms with Crippen LogP contribution in [0, 0.1) is 0 Å². The molecule has 2 rings (SSSR count). The Kier molecular flexibility index (Phi) is 3.60. The minimum absolute atomic E-state index is 0.191. The molecule has 0 fully saturated rings. The Morgan fingerprint density at radius 1 is 1.18 bits per heavy atom. The lowest BCUT2D eigenvalue weighted by Crippen LogP contribution is -1.88. The zero-order valence-corrected chi connectivity index (χ0v) is 11.4. The summed E-state index contributed by atoms with van der Waals surface area (Å²) in [5.74, 6) is 0.906. The van der Waals surface area contributed by atoms with Crippen LogP contribution in [0.5, 0.6) is 11.5 Å². The SMILES string of the molecule is COc1ccc(Cl)cc1-c1cc(O)cc(Br)c1. The molecule has 0 amide bonds. The maximum Gasteiger partial charge on any atom is 0.126 e. The Hall–Kier alpha value is -1.19. The van der Waals surface area contributed by atoms with Gasteiger partial charge in [-0.15, -0.1) is 0 Å². The van der Waals surface area contributed by atoms with E-state index in [1.807, 2.05) is 12.1 Å². The minimum atomic E-state index is 0.191. The first-order chi connectivity index (χ1) is 8.10. The summed E-state index contributed by atoms with van der Waals surface area (Å²) in [6, 6.07) is 10.6. The molecule has 0 aliphatic rings. The fourth-order valence-electron chi connectivity index (χ4n) is 1.64. The predicted molar refractivity (Wildman–Crippen MR) is 72.8 cm³/mol. The lowest BCUT2D eigenvalue weighted by molar-refractivity contribution is 0.416. The van der Waals surface area contributed by atoms with Crippen molar-refractivity contribution in [2.75, 3.05) is 7.11 Å². The first-order valence-electron chi connectivity index (χ1n) is 4.93. The Balaban J connectivity index is 2.62. The quantitative estimate of drug-likeness (QED) is 0.885. The van der Waals surface area contributed by atoms with E-state index in [0.717, 1.165) is 15.6 Å². The van der Waals surface area contributed by atoms with E-state index in [9.17, 15) is 5.11 Å². The second-order valence-corrected chi connectivity index (χ2v) is 4.89. The second kappa shape index (κ2) is 4.98. The number of halogens is 2. The van der Waals surface area contributed by atoms with Gasteiger partial charge in [-0.1, -0.05) is 27.5 Å². The van der Waals surface area contributed by atoms with Gasteiger partial charge in [0.05, 0.1) is 7.11 Å². The van der Waals surface area contributed by atoms with Crippen molar-refractivity contribution in [3.8, 4) is 22.6 Å². The number of hydrogen-bond acceptors (Lipinski definition) is 2. The maximum atomic E-state index is 9.58. The summed E-state index contributed by atoms with van der Waals surface area (Å²) < 4.78 is 6.08. The standard InChI is InChI=1S/C13H10BrClO2/c1-17-13-3-2-10(15)7-12(13)8-4-9(14)6-11(16)5-8/h2-7,16H,1H3. The largest absolute Gasteiger partial charge is 0.508 e. The molecule has 0 saturated heterocycles. The number of methoxy groups -OCH3 is 1. The molecule has 0 unspecified atom stereocenters. The summed E-state index contributed by atoms with van der Waals surface area (Å²) in [4.78, 5) is 0. The first-order valence-corrected chi connectivity index (χ1v) is 6.10. The van der Waals surface area contributed by atoms with Gasteiger partial charge in [0, 0.05) is 15.1 Å². The fourth-order valence-corrected chi connectivity index (χ4v) is 2.29. The van der Waals surface area contributed by atoms with Gasteiger partial charge < -0.3 is 9.84 Å². The van der Waals surface area contributed by atoms with E-state index in [4.69, 9.17) is 16.3 Å². The van der Waals surface area contributed by atoms with Crippen molar-refractivity contribution >= 4 is 27.5 Å². The van der Waals surface area contributed by atoms with Crippen LogP contribution < -0.4 is 4.74 Å². The number of ether oxygens (including phenoxy) is 1.